The van der Waals surface area contributed by atoms with E-state index in [9.17, 15) is 4.79 Å². The number of benzene rings is 2. The molecule has 6 heteroatoms. The number of nitrogens with one attached hydrogen (secondary N) is 2. The number of amides is 1. The first-order valence-corrected chi connectivity index (χ1v) is 8.91. The molecule has 27 heavy (non-hydrogen) atoms. The number of hydrogen-bond acceptors (Lipinski definition) is 4. The number of pyridine rings is 1. The molecule has 0 fully saturated rings. The molecule has 0 unspecified atom stereocenters. The Balaban J connectivity index is 1.49. The van der Waals surface area contributed by atoms with Gasteiger partial charge in [-0.15, -0.1) is 0 Å². The Morgan fingerprint density at radius 3 is 2.41 bits per heavy atom. The quantitative estimate of drug-likeness (QED) is 0.625. The van der Waals surface area contributed by atoms with Gasteiger partial charge in [0.15, 0.2) is 0 Å². The van der Waals surface area contributed by atoms with Crippen molar-refractivity contribution < 1.29 is 9.53 Å². The summed E-state index contributed by atoms with van der Waals surface area (Å²) >= 11 is 5.83. The van der Waals surface area contributed by atoms with Crippen LogP contribution in [0.15, 0.2) is 66.9 Å². The van der Waals surface area contributed by atoms with E-state index >= 15 is 0 Å². The van der Waals surface area contributed by atoms with Crippen LogP contribution in [0.3, 0.4) is 0 Å². The smallest absolute Gasteiger partial charge is 0.256 e. The fraction of sp³-hybridized carbons (Fsp3) is 0.143. The van der Waals surface area contributed by atoms with Gasteiger partial charge in [0.1, 0.15) is 11.6 Å². The summed E-state index contributed by atoms with van der Waals surface area (Å²) in [4.78, 5) is 16.4. The molecule has 0 spiro atoms. The maximum Gasteiger partial charge on any atom is 0.256 e. The Bertz CT molecular complexity index is 879. The fourth-order valence-corrected chi connectivity index (χ4v) is 2.63. The molecule has 0 aliphatic rings. The number of nitrogens with zero attached hydrogens (tertiary/aromatic N) is 1. The summed E-state index contributed by atoms with van der Waals surface area (Å²) in [5.74, 6) is 1.13. The average Bonchev–Trinajstić information content (AvgIpc) is 2.70. The van der Waals surface area contributed by atoms with Crippen LogP contribution in [-0.2, 0) is 6.42 Å². The van der Waals surface area contributed by atoms with E-state index < -0.39 is 0 Å². The fourth-order valence-electron chi connectivity index (χ4n) is 2.51. The van der Waals surface area contributed by atoms with Crippen molar-refractivity contribution in [3.63, 3.8) is 0 Å². The van der Waals surface area contributed by atoms with E-state index in [4.69, 9.17) is 16.3 Å². The molecule has 0 saturated heterocycles. The van der Waals surface area contributed by atoms with Gasteiger partial charge < -0.3 is 15.4 Å². The first-order valence-electron chi connectivity index (χ1n) is 8.54. The Kier molecular flexibility index (Phi) is 6.28. The zero-order valence-corrected chi connectivity index (χ0v) is 15.7. The van der Waals surface area contributed by atoms with Crippen LogP contribution in [0.2, 0.25) is 5.02 Å². The number of methoxy groups -OCH3 is 1. The molecule has 5 nitrogen and oxygen atoms in total. The van der Waals surface area contributed by atoms with Crippen LogP contribution in [0.25, 0.3) is 0 Å². The lowest BCUT2D eigenvalue weighted by molar-refractivity contribution is 0.102. The van der Waals surface area contributed by atoms with Crippen LogP contribution in [0.1, 0.15) is 15.9 Å². The lowest BCUT2D eigenvalue weighted by Gasteiger charge is -2.08. The first kappa shape index (κ1) is 18.7. The minimum absolute atomic E-state index is 0.223. The summed E-state index contributed by atoms with van der Waals surface area (Å²) in [6, 6.07) is 18.4. The Morgan fingerprint density at radius 2 is 1.78 bits per heavy atom. The van der Waals surface area contributed by atoms with Gasteiger partial charge in [0.2, 0.25) is 0 Å². The highest BCUT2D eigenvalue weighted by atomic mass is 35.5. The van der Waals surface area contributed by atoms with Gasteiger partial charge in [0.25, 0.3) is 5.91 Å². The number of aromatic nitrogens is 1. The van der Waals surface area contributed by atoms with Crippen LogP contribution < -0.4 is 15.4 Å². The monoisotopic (exact) mass is 381 g/mol. The second-order valence-electron chi connectivity index (χ2n) is 5.92. The van der Waals surface area contributed by atoms with Crippen molar-refractivity contribution in [2.75, 3.05) is 24.3 Å². The molecule has 138 valence electrons. The van der Waals surface area contributed by atoms with E-state index in [0.29, 0.717) is 16.4 Å². The van der Waals surface area contributed by atoms with E-state index in [1.807, 2.05) is 30.3 Å². The van der Waals surface area contributed by atoms with E-state index in [0.717, 1.165) is 24.4 Å². The minimum Gasteiger partial charge on any atom is -0.497 e. The van der Waals surface area contributed by atoms with Gasteiger partial charge in [-0.1, -0.05) is 23.7 Å². The number of carbonyl (C=O) groups excluding carboxylic acids is 1. The molecule has 0 radical (unpaired) electrons. The lowest BCUT2D eigenvalue weighted by atomic mass is 10.1. The van der Waals surface area contributed by atoms with Crippen LogP contribution >= 0.6 is 11.6 Å². The van der Waals surface area contributed by atoms with Crippen molar-refractivity contribution in [3.05, 3.63) is 83.0 Å². The molecule has 2 N–H and O–H groups in total. The van der Waals surface area contributed by atoms with Crippen LogP contribution in [0, 0.1) is 0 Å². The third-order valence-corrected chi connectivity index (χ3v) is 4.27. The summed E-state index contributed by atoms with van der Waals surface area (Å²) in [5.41, 5.74) is 2.65. The molecule has 0 bridgehead atoms. The third-order valence-electron chi connectivity index (χ3n) is 4.01. The predicted molar refractivity (Wildman–Crippen MR) is 109 cm³/mol. The van der Waals surface area contributed by atoms with Gasteiger partial charge >= 0.3 is 0 Å². The van der Waals surface area contributed by atoms with E-state index in [2.05, 4.69) is 15.6 Å². The number of hydrogen-bond donors (Lipinski definition) is 2. The molecule has 1 aromatic heterocycles. The van der Waals surface area contributed by atoms with Crippen LogP contribution in [0.4, 0.5) is 11.5 Å². The molecule has 0 aliphatic heterocycles. The highest BCUT2D eigenvalue weighted by Gasteiger charge is 2.06. The minimum atomic E-state index is -0.223. The molecule has 0 atom stereocenters. The highest BCUT2D eigenvalue weighted by molar-refractivity contribution is 6.30. The number of anilines is 2. The predicted octanol–water partition coefficient (Wildman–Crippen LogP) is 4.65. The van der Waals surface area contributed by atoms with E-state index in [1.165, 1.54) is 5.56 Å². The van der Waals surface area contributed by atoms with E-state index in [-0.39, 0.29) is 5.91 Å². The SMILES string of the molecule is COc1ccc(CCNc2ccc(NC(=O)c3ccc(Cl)cc3)nc2)cc1. The molecular weight excluding hydrogens is 362 g/mol. The standard InChI is InChI=1S/C21H20ClN3O2/c1-27-19-9-2-15(3-10-19)12-13-23-18-8-11-20(24-14-18)25-21(26)16-4-6-17(22)7-5-16/h2-11,14,23H,12-13H2,1H3,(H,24,25,26). The molecule has 0 aliphatic carbocycles. The summed E-state index contributed by atoms with van der Waals surface area (Å²) in [6.45, 7) is 0.782. The average molecular weight is 382 g/mol. The third kappa shape index (κ3) is 5.46. The maximum absolute atomic E-state index is 12.2. The van der Waals surface area contributed by atoms with Gasteiger partial charge in [-0.05, 0) is 60.5 Å². The van der Waals surface area contributed by atoms with Gasteiger partial charge in [0, 0.05) is 17.1 Å². The highest BCUT2D eigenvalue weighted by Crippen LogP contribution is 2.14. The summed E-state index contributed by atoms with van der Waals surface area (Å²) in [7, 11) is 1.66. The van der Waals surface area contributed by atoms with Crippen molar-refractivity contribution in [2.45, 2.75) is 6.42 Å². The Hall–Kier alpha value is -3.05. The van der Waals surface area contributed by atoms with Gasteiger partial charge in [-0.25, -0.2) is 4.98 Å². The topological polar surface area (TPSA) is 63.2 Å². The molecule has 1 heterocycles. The molecule has 2 aromatic carbocycles. The Labute approximate surface area is 163 Å². The molecule has 1 amide bonds. The largest absolute Gasteiger partial charge is 0.497 e. The number of ether oxygens (including phenoxy) is 1. The van der Waals surface area contributed by atoms with Crippen molar-refractivity contribution in [1.29, 1.82) is 0 Å². The molecule has 3 aromatic rings. The molecule has 0 saturated carbocycles. The summed E-state index contributed by atoms with van der Waals surface area (Å²) in [5, 5.41) is 6.68. The van der Waals surface area contributed by atoms with Gasteiger partial charge in [-0.3, -0.25) is 4.79 Å². The normalized spacial score (nSPS) is 10.3. The lowest BCUT2D eigenvalue weighted by Crippen LogP contribution is -2.13. The van der Waals surface area contributed by atoms with Gasteiger partial charge in [-0.2, -0.15) is 0 Å². The molecule has 3 rings (SSSR count). The molecular formula is C21H20ClN3O2. The summed E-state index contributed by atoms with van der Waals surface area (Å²) < 4.78 is 5.16. The number of carbonyl (C=O) groups is 1. The van der Waals surface area contributed by atoms with Gasteiger partial charge in [0.05, 0.1) is 19.0 Å². The zero-order chi connectivity index (χ0) is 19.1. The zero-order valence-electron chi connectivity index (χ0n) is 14.9. The van der Waals surface area contributed by atoms with Crippen LogP contribution in [-0.4, -0.2) is 24.5 Å². The second kappa shape index (κ2) is 9.05. The van der Waals surface area contributed by atoms with Crippen molar-refractivity contribution in [2.24, 2.45) is 0 Å². The van der Waals surface area contributed by atoms with Crippen LogP contribution in [0.5, 0.6) is 5.75 Å². The van der Waals surface area contributed by atoms with E-state index in [1.54, 1.807) is 43.6 Å². The second-order valence-corrected chi connectivity index (χ2v) is 6.35. The number of halogens is 1. The number of rotatable bonds is 7. The Morgan fingerprint density at radius 1 is 1.04 bits per heavy atom. The van der Waals surface area contributed by atoms with Crippen molar-refractivity contribution in [1.82, 2.24) is 4.98 Å². The summed E-state index contributed by atoms with van der Waals surface area (Å²) in [6.07, 6.45) is 2.59. The van der Waals surface area contributed by atoms with Crippen molar-refractivity contribution in [3.8, 4) is 5.75 Å². The first-order chi connectivity index (χ1) is 13.1. The van der Waals surface area contributed by atoms with Crippen molar-refractivity contribution >= 4 is 29.0 Å². The maximum atomic E-state index is 12.2.